The van der Waals surface area contributed by atoms with Gasteiger partial charge in [0.2, 0.25) is 0 Å². The van der Waals surface area contributed by atoms with E-state index in [0.717, 1.165) is 30.8 Å². The highest BCUT2D eigenvalue weighted by molar-refractivity contribution is 7.13. The van der Waals surface area contributed by atoms with Crippen LogP contribution in [0.25, 0.3) is 21.7 Å². The molecule has 0 saturated carbocycles. The monoisotopic (exact) mass is 382 g/mol. The fraction of sp³-hybridized carbons (Fsp3) is 0.400. The van der Waals surface area contributed by atoms with Gasteiger partial charge in [-0.15, -0.1) is 11.3 Å². The molecule has 3 aromatic heterocycles. The quantitative estimate of drug-likeness (QED) is 0.690. The van der Waals surface area contributed by atoms with Gasteiger partial charge in [0.1, 0.15) is 5.52 Å². The highest BCUT2D eigenvalue weighted by Crippen LogP contribution is 2.30. The number of likely N-dealkylation sites (tertiary alicyclic amines) is 1. The molecule has 4 rings (SSSR count). The van der Waals surface area contributed by atoms with Gasteiger partial charge in [-0.25, -0.2) is 9.97 Å². The minimum atomic E-state index is -0.495. The molecule has 0 spiro atoms. The van der Waals surface area contributed by atoms with Crippen LogP contribution in [0.5, 0.6) is 0 Å². The first-order chi connectivity index (χ1) is 12.8. The van der Waals surface area contributed by atoms with E-state index in [0.29, 0.717) is 28.0 Å². The number of thiophene rings is 1. The lowest BCUT2D eigenvalue weighted by atomic mass is 9.87. The molecule has 4 heterocycles. The van der Waals surface area contributed by atoms with E-state index in [9.17, 15) is 9.59 Å². The normalized spacial score (nSPS) is 14.9. The molecule has 6 nitrogen and oxygen atoms in total. The number of H-pyrrole nitrogens is 1. The first kappa shape index (κ1) is 17.9. The van der Waals surface area contributed by atoms with Gasteiger partial charge in [-0.2, -0.15) is 0 Å². The predicted octanol–water partition coefficient (Wildman–Crippen LogP) is 4.15. The molecule has 1 aliphatic heterocycles. The van der Waals surface area contributed by atoms with Gasteiger partial charge in [0.15, 0.2) is 11.4 Å². The average molecular weight is 382 g/mol. The van der Waals surface area contributed by atoms with Crippen LogP contribution in [0.2, 0.25) is 0 Å². The van der Waals surface area contributed by atoms with Crippen molar-refractivity contribution in [2.75, 3.05) is 13.1 Å². The summed E-state index contributed by atoms with van der Waals surface area (Å²) in [6.45, 7) is 7.33. The maximum atomic E-state index is 12.7. The summed E-state index contributed by atoms with van der Waals surface area (Å²) in [6, 6.07) is 1.87. The van der Waals surface area contributed by atoms with Crippen LogP contribution in [0.4, 0.5) is 0 Å². The number of nitrogens with one attached hydrogen (secondary N) is 1. The van der Waals surface area contributed by atoms with Crippen LogP contribution in [0.1, 0.15) is 54.3 Å². The molecule has 0 aromatic carbocycles. The van der Waals surface area contributed by atoms with E-state index in [1.54, 1.807) is 12.4 Å². The Kier molecular flexibility index (Phi) is 4.34. The highest BCUT2D eigenvalue weighted by atomic mass is 32.1. The van der Waals surface area contributed by atoms with Crippen molar-refractivity contribution in [3.05, 3.63) is 35.0 Å². The Hall–Kier alpha value is -2.54. The van der Waals surface area contributed by atoms with E-state index in [4.69, 9.17) is 0 Å². The van der Waals surface area contributed by atoms with Crippen molar-refractivity contribution in [3.8, 4) is 10.6 Å². The van der Waals surface area contributed by atoms with Gasteiger partial charge >= 0.3 is 0 Å². The van der Waals surface area contributed by atoms with Crippen molar-refractivity contribution >= 4 is 34.2 Å². The molecule has 3 aromatic rings. The summed E-state index contributed by atoms with van der Waals surface area (Å²) in [5.74, 6) is 0.102. The molecule has 27 heavy (non-hydrogen) atoms. The minimum absolute atomic E-state index is 0.0243. The van der Waals surface area contributed by atoms with Crippen molar-refractivity contribution in [2.24, 2.45) is 5.41 Å². The zero-order valence-corrected chi connectivity index (χ0v) is 16.5. The number of carbonyl (C=O) groups is 2. The number of nitrogens with zero attached hydrogens (tertiary/aromatic N) is 3. The molecule has 1 amide bonds. The van der Waals surface area contributed by atoms with Crippen LogP contribution in [-0.2, 0) is 0 Å². The number of carbonyl (C=O) groups excluding carboxylic acids is 2. The molecule has 1 aliphatic rings. The Morgan fingerprint density at radius 1 is 1.22 bits per heavy atom. The summed E-state index contributed by atoms with van der Waals surface area (Å²) in [5.41, 5.74) is 2.60. The van der Waals surface area contributed by atoms with Crippen LogP contribution < -0.4 is 0 Å². The Labute approximate surface area is 161 Å². The fourth-order valence-electron chi connectivity index (χ4n) is 3.27. The maximum Gasteiger partial charge on any atom is 0.254 e. The van der Waals surface area contributed by atoms with Crippen LogP contribution in [0.3, 0.4) is 0 Å². The number of amides is 1. The second kappa shape index (κ2) is 6.56. The summed E-state index contributed by atoms with van der Waals surface area (Å²) >= 11 is 1.48. The molecule has 0 bridgehead atoms. The SMILES string of the molecule is CC(C)(C)C(=O)c1c[nH]c2ncc(-c3cc(C(=O)N4CCCC4)cs3)nc12. The Balaban J connectivity index is 1.68. The van der Waals surface area contributed by atoms with Gasteiger partial charge in [-0.05, 0) is 18.9 Å². The van der Waals surface area contributed by atoms with Gasteiger partial charge in [0, 0.05) is 30.1 Å². The van der Waals surface area contributed by atoms with E-state index in [1.807, 2.05) is 37.1 Å². The largest absolute Gasteiger partial charge is 0.344 e. The summed E-state index contributed by atoms with van der Waals surface area (Å²) in [6.07, 6.45) is 5.50. The zero-order chi connectivity index (χ0) is 19.2. The third kappa shape index (κ3) is 3.27. The third-order valence-electron chi connectivity index (χ3n) is 4.80. The van der Waals surface area contributed by atoms with Crippen LogP contribution in [0.15, 0.2) is 23.8 Å². The van der Waals surface area contributed by atoms with Crippen molar-refractivity contribution < 1.29 is 9.59 Å². The van der Waals surface area contributed by atoms with Crippen LogP contribution in [0, 0.1) is 5.41 Å². The Bertz CT molecular complexity index is 1020. The number of hydrogen-bond donors (Lipinski definition) is 1. The summed E-state index contributed by atoms with van der Waals surface area (Å²) in [5, 5.41) is 1.88. The van der Waals surface area contributed by atoms with E-state index in [2.05, 4.69) is 15.0 Å². The van der Waals surface area contributed by atoms with E-state index in [1.165, 1.54) is 11.3 Å². The van der Waals surface area contributed by atoms with Crippen molar-refractivity contribution in [1.82, 2.24) is 19.9 Å². The molecule has 1 N–H and O–H groups in total. The highest BCUT2D eigenvalue weighted by Gasteiger charge is 2.27. The number of aromatic nitrogens is 3. The molecule has 0 unspecified atom stereocenters. The lowest BCUT2D eigenvalue weighted by molar-refractivity contribution is 0.0792. The molecule has 0 atom stereocenters. The van der Waals surface area contributed by atoms with Gasteiger partial charge < -0.3 is 9.88 Å². The summed E-state index contributed by atoms with van der Waals surface area (Å²) in [4.78, 5) is 40.2. The molecule has 0 radical (unpaired) electrons. The summed E-state index contributed by atoms with van der Waals surface area (Å²) in [7, 11) is 0. The minimum Gasteiger partial charge on any atom is -0.344 e. The fourth-order valence-corrected chi connectivity index (χ4v) is 4.11. The molecule has 140 valence electrons. The maximum absolute atomic E-state index is 12.7. The second-order valence-electron chi connectivity index (χ2n) is 7.93. The first-order valence-corrected chi connectivity index (χ1v) is 9.99. The summed E-state index contributed by atoms with van der Waals surface area (Å²) < 4.78 is 0. The van der Waals surface area contributed by atoms with Gasteiger partial charge in [0.25, 0.3) is 5.91 Å². The average Bonchev–Trinajstić information content (AvgIpc) is 3.39. The second-order valence-corrected chi connectivity index (χ2v) is 8.84. The molecule has 1 saturated heterocycles. The smallest absolute Gasteiger partial charge is 0.254 e. The number of fused-ring (bicyclic) bond motifs is 1. The Morgan fingerprint density at radius 3 is 2.67 bits per heavy atom. The van der Waals surface area contributed by atoms with E-state index in [-0.39, 0.29) is 11.7 Å². The standard InChI is InChI=1S/C20H22N4O2S/c1-20(2,3)17(25)13-9-21-18-16(13)23-14(10-22-18)15-8-12(11-27-15)19(26)24-6-4-5-7-24/h8-11H,4-7H2,1-3H3,(H,21,22). The van der Waals surface area contributed by atoms with Gasteiger partial charge in [-0.1, -0.05) is 20.8 Å². The third-order valence-corrected chi connectivity index (χ3v) is 5.75. The Morgan fingerprint density at radius 2 is 1.96 bits per heavy atom. The van der Waals surface area contributed by atoms with E-state index >= 15 is 0 Å². The lowest BCUT2D eigenvalue weighted by Gasteiger charge is -2.15. The number of rotatable bonds is 3. The molecule has 0 aliphatic carbocycles. The van der Waals surface area contributed by atoms with Crippen molar-refractivity contribution in [3.63, 3.8) is 0 Å². The topological polar surface area (TPSA) is 79.0 Å². The molecular weight excluding hydrogens is 360 g/mol. The van der Waals surface area contributed by atoms with Gasteiger partial charge in [0.05, 0.1) is 27.9 Å². The van der Waals surface area contributed by atoms with E-state index < -0.39 is 5.41 Å². The number of ketones is 1. The predicted molar refractivity (Wildman–Crippen MR) is 106 cm³/mol. The van der Waals surface area contributed by atoms with Gasteiger partial charge in [-0.3, -0.25) is 9.59 Å². The first-order valence-electron chi connectivity index (χ1n) is 9.12. The number of aromatic amines is 1. The zero-order valence-electron chi connectivity index (χ0n) is 15.7. The lowest BCUT2D eigenvalue weighted by Crippen LogP contribution is -2.27. The van der Waals surface area contributed by atoms with Crippen molar-refractivity contribution in [2.45, 2.75) is 33.6 Å². The number of hydrogen-bond acceptors (Lipinski definition) is 5. The van der Waals surface area contributed by atoms with Crippen LogP contribution >= 0.6 is 11.3 Å². The number of Topliss-reactive ketones (excluding diaryl/α,β-unsaturated/α-hetero) is 1. The van der Waals surface area contributed by atoms with Crippen LogP contribution in [-0.4, -0.2) is 44.6 Å². The molecule has 7 heteroatoms. The molecular formula is C20H22N4O2S. The van der Waals surface area contributed by atoms with Crippen molar-refractivity contribution in [1.29, 1.82) is 0 Å². The molecule has 1 fully saturated rings.